The molecule has 0 bridgehead atoms. The van der Waals surface area contributed by atoms with Crippen LogP contribution >= 0.6 is 0 Å². The Kier molecular flexibility index (Phi) is 4.00. The van der Waals surface area contributed by atoms with Crippen molar-refractivity contribution >= 4 is 12.0 Å². The lowest BCUT2D eigenvalue weighted by Gasteiger charge is -2.32. The Hall–Kier alpha value is -2.09. The van der Waals surface area contributed by atoms with Gasteiger partial charge in [-0.1, -0.05) is 0 Å². The molecule has 1 aromatic rings. The van der Waals surface area contributed by atoms with Crippen LogP contribution in [0.25, 0.3) is 0 Å². The van der Waals surface area contributed by atoms with E-state index in [9.17, 15) is 14.7 Å². The standard InChI is InChI=1S/C11H16N4O4/c1-19-3-2-12-11(18)15-5-8-7(13-6-14-8)4-9(15)10(16)17/h6,9H,2-5H2,1H3,(H,12,18)(H,13,14)(H,16,17). The molecule has 0 aromatic carbocycles. The Labute approximate surface area is 109 Å². The summed E-state index contributed by atoms with van der Waals surface area (Å²) in [6.07, 6.45) is 1.72. The molecular weight excluding hydrogens is 252 g/mol. The zero-order chi connectivity index (χ0) is 13.8. The second-order valence-electron chi connectivity index (χ2n) is 4.24. The zero-order valence-electron chi connectivity index (χ0n) is 10.5. The molecule has 0 saturated carbocycles. The van der Waals surface area contributed by atoms with Gasteiger partial charge in [0.05, 0.1) is 30.9 Å². The highest BCUT2D eigenvalue weighted by molar-refractivity contribution is 5.83. The molecule has 1 unspecified atom stereocenters. The second kappa shape index (κ2) is 5.70. The summed E-state index contributed by atoms with van der Waals surface area (Å²) >= 11 is 0. The molecule has 19 heavy (non-hydrogen) atoms. The van der Waals surface area contributed by atoms with Gasteiger partial charge in [0, 0.05) is 20.1 Å². The number of urea groups is 1. The number of carboxylic acids is 1. The molecule has 0 spiro atoms. The Morgan fingerprint density at radius 1 is 1.68 bits per heavy atom. The second-order valence-corrected chi connectivity index (χ2v) is 4.24. The molecule has 8 nitrogen and oxygen atoms in total. The highest BCUT2D eigenvalue weighted by Crippen LogP contribution is 2.20. The number of rotatable bonds is 4. The van der Waals surface area contributed by atoms with Crippen molar-refractivity contribution in [3.63, 3.8) is 0 Å². The normalized spacial score (nSPS) is 17.9. The van der Waals surface area contributed by atoms with Gasteiger partial charge < -0.3 is 25.0 Å². The van der Waals surface area contributed by atoms with Crippen LogP contribution in [0.1, 0.15) is 11.4 Å². The molecule has 0 aliphatic carbocycles. The van der Waals surface area contributed by atoms with Gasteiger partial charge in [0.15, 0.2) is 0 Å². The van der Waals surface area contributed by atoms with E-state index in [1.165, 1.54) is 18.3 Å². The molecule has 1 atom stereocenters. The highest BCUT2D eigenvalue weighted by atomic mass is 16.5. The fraction of sp³-hybridized carbons (Fsp3) is 0.545. The number of nitrogens with one attached hydrogen (secondary N) is 2. The fourth-order valence-electron chi connectivity index (χ4n) is 2.03. The van der Waals surface area contributed by atoms with Gasteiger partial charge in [-0.3, -0.25) is 0 Å². The van der Waals surface area contributed by atoms with E-state index < -0.39 is 18.0 Å². The van der Waals surface area contributed by atoms with Gasteiger partial charge in [0.2, 0.25) is 0 Å². The van der Waals surface area contributed by atoms with Crippen molar-refractivity contribution < 1.29 is 19.4 Å². The minimum Gasteiger partial charge on any atom is -0.480 e. The van der Waals surface area contributed by atoms with Gasteiger partial charge in [0.25, 0.3) is 0 Å². The molecule has 104 valence electrons. The van der Waals surface area contributed by atoms with Crippen LogP contribution < -0.4 is 5.32 Å². The number of carbonyl (C=O) groups is 2. The summed E-state index contributed by atoms with van der Waals surface area (Å²) in [5.74, 6) is -1.03. The molecule has 0 fully saturated rings. The van der Waals surface area contributed by atoms with Crippen LogP contribution in [-0.2, 0) is 22.5 Å². The van der Waals surface area contributed by atoms with E-state index in [4.69, 9.17) is 4.74 Å². The number of carboxylic acid groups (broad SMARTS) is 1. The maximum atomic E-state index is 12.0. The van der Waals surface area contributed by atoms with Crippen LogP contribution in [-0.4, -0.2) is 58.3 Å². The Balaban J connectivity index is 2.09. The summed E-state index contributed by atoms with van der Waals surface area (Å²) in [5, 5.41) is 11.8. The first-order valence-corrected chi connectivity index (χ1v) is 5.90. The highest BCUT2D eigenvalue weighted by Gasteiger charge is 2.35. The van der Waals surface area contributed by atoms with Crippen molar-refractivity contribution in [1.82, 2.24) is 20.2 Å². The number of hydrogen-bond donors (Lipinski definition) is 3. The number of fused-ring (bicyclic) bond motifs is 1. The molecule has 2 rings (SSSR count). The topological polar surface area (TPSA) is 108 Å². The number of carbonyl (C=O) groups excluding carboxylic acids is 1. The van der Waals surface area contributed by atoms with Crippen molar-refractivity contribution in [1.29, 1.82) is 0 Å². The number of ether oxygens (including phenoxy) is 1. The zero-order valence-corrected chi connectivity index (χ0v) is 10.5. The van der Waals surface area contributed by atoms with E-state index in [-0.39, 0.29) is 13.0 Å². The fourth-order valence-corrected chi connectivity index (χ4v) is 2.03. The molecular formula is C11H16N4O4. The summed E-state index contributed by atoms with van der Waals surface area (Å²) in [6, 6.07) is -1.30. The average Bonchev–Trinajstić information content (AvgIpc) is 2.84. The van der Waals surface area contributed by atoms with Crippen molar-refractivity contribution in [2.45, 2.75) is 19.0 Å². The van der Waals surface area contributed by atoms with Crippen LogP contribution in [0.5, 0.6) is 0 Å². The minimum atomic E-state index is -1.03. The number of amides is 2. The summed E-state index contributed by atoms with van der Waals surface area (Å²) in [7, 11) is 1.53. The third kappa shape index (κ3) is 2.84. The lowest BCUT2D eigenvalue weighted by Crippen LogP contribution is -2.52. The number of aliphatic carboxylic acids is 1. The van der Waals surface area contributed by atoms with Crippen LogP contribution in [0.4, 0.5) is 4.79 Å². The maximum absolute atomic E-state index is 12.0. The number of nitrogens with zero attached hydrogens (tertiary/aromatic N) is 2. The van der Waals surface area contributed by atoms with E-state index in [2.05, 4.69) is 15.3 Å². The molecule has 2 amide bonds. The summed E-state index contributed by atoms with van der Waals surface area (Å²) in [5.41, 5.74) is 1.48. The van der Waals surface area contributed by atoms with Crippen molar-refractivity contribution in [3.05, 3.63) is 17.7 Å². The van der Waals surface area contributed by atoms with Crippen LogP contribution in [0.2, 0.25) is 0 Å². The summed E-state index contributed by atoms with van der Waals surface area (Å²) < 4.78 is 4.83. The monoisotopic (exact) mass is 268 g/mol. The maximum Gasteiger partial charge on any atom is 0.326 e. The molecule has 1 aliphatic heterocycles. The van der Waals surface area contributed by atoms with E-state index in [0.29, 0.717) is 18.8 Å². The molecule has 3 N–H and O–H groups in total. The number of imidazole rings is 1. The van der Waals surface area contributed by atoms with Crippen molar-refractivity contribution in [3.8, 4) is 0 Å². The quantitative estimate of drug-likeness (QED) is 0.643. The Morgan fingerprint density at radius 2 is 2.47 bits per heavy atom. The van der Waals surface area contributed by atoms with Crippen LogP contribution in [0.15, 0.2) is 6.33 Å². The molecule has 0 saturated heterocycles. The first-order chi connectivity index (χ1) is 9.13. The van der Waals surface area contributed by atoms with Gasteiger partial charge in [0.1, 0.15) is 6.04 Å². The molecule has 1 aliphatic rings. The van der Waals surface area contributed by atoms with E-state index in [1.807, 2.05) is 0 Å². The molecule has 0 radical (unpaired) electrons. The van der Waals surface area contributed by atoms with Crippen molar-refractivity contribution in [2.24, 2.45) is 0 Å². The van der Waals surface area contributed by atoms with Crippen LogP contribution in [0, 0.1) is 0 Å². The molecule has 2 heterocycles. The van der Waals surface area contributed by atoms with Gasteiger partial charge >= 0.3 is 12.0 Å². The van der Waals surface area contributed by atoms with Gasteiger partial charge in [-0.25, -0.2) is 14.6 Å². The van der Waals surface area contributed by atoms with E-state index in [0.717, 1.165) is 5.69 Å². The van der Waals surface area contributed by atoms with Gasteiger partial charge in [-0.2, -0.15) is 0 Å². The SMILES string of the molecule is COCCNC(=O)N1Cc2[nH]cnc2CC1C(=O)O. The number of hydrogen-bond acceptors (Lipinski definition) is 4. The van der Waals surface area contributed by atoms with Gasteiger partial charge in [-0.15, -0.1) is 0 Å². The van der Waals surface area contributed by atoms with Gasteiger partial charge in [-0.05, 0) is 0 Å². The lowest BCUT2D eigenvalue weighted by atomic mass is 10.0. The number of aromatic nitrogens is 2. The Morgan fingerprint density at radius 3 is 3.16 bits per heavy atom. The molecule has 1 aromatic heterocycles. The average molecular weight is 268 g/mol. The largest absolute Gasteiger partial charge is 0.480 e. The third-order valence-corrected chi connectivity index (χ3v) is 3.03. The van der Waals surface area contributed by atoms with E-state index >= 15 is 0 Å². The Bertz CT molecular complexity index is 473. The van der Waals surface area contributed by atoms with Crippen LogP contribution in [0.3, 0.4) is 0 Å². The summed E-state index contributed by atoms with van der Waals surface area (Å²) in [6.45, 7) is 0.936. The lowest BCUT2D eigenvalue weighted by molar-refractivity contribution is -0.142. The number of H-pyrrole nitrogens is 1. The number of methoxy groups -OCH3 is 1. The predicted octanol–water partition coefficient (Wildman–Crippen LogP) is -0.423. The number of aromatic amines is 1. The first kappa shape index (κ1) is 13.3. The predicted molar refractivity (Wildman–Crippen MR) is 64.5 cm³/mol. The minimum absolute atomic E-state index is 0.213. The first-order valence-electron chi connectivity index (χ1n) is 5.90. The van der Waals surface area contributed by atoms with E-state index in [1.54, 1.807) is 0 Å². The van der Waals surface area contributed by atoms with Crippen molar-refractivity contribution in [2.75, 3.05) is 20.3 Å². The summed E-state index contributed by atoms with van der Waals surface area (Å²) in [4.78, 5) is 31.5. The third-order valence-electron chi connectivity index (χ3n) is 3.03. The molecule has 8 heteroatoms. The smallest absolute Gasteiger partial charge is 0.326 e.